The monoisotopic (exact) mass is 231 g/mol. The Balaban J connectivity index is 2.38. The van der Waals surface area contributed by atoms with Gasteiger partial charge in [0.05, 0.1) is 24.2 Å². The quantitative estimate of drug-likeness (QED) is 0.735. The molecule has 17 heavy (non-hydrogen) atoms. The van der Waals surface area contributed by atoms with Crippen molar-refractivity contribution in [3.63, 3.8) is 0 Å². The number of carbonyl (C=O) groups excluding carboxylic acids is 1. The molecule has 0 bridgehead atoms. The van der Waals surface area contributed by atoms with Crippen LogP contribution in [-0.2, 0) is 0 Å². The Morgan fingerprint density at radius 1 is 1.29 bits per heavy atom. The average Bonchev–Trinajstić information content (AvgIpc) is 2.78. The Hall–Kier alpha value is -2.24. The first-order valence-electron chi connectivity index (χ1n) is 5.13. The third-order valence-corrected chi connectivity index (χ3v) is 2.29. The van der Waals surface area contributed by atoms with E-state index in [0.29, 0.717) is 11.4 Å². The number of carbonyl (C=O) groups is 1. The van der Waals surface area contributed by atoms with E-state index in [1.54, 1.807) is 18.6 Å². The molecule has 0 atom stereocenters. The van der Waals surface area contributed by atoms with Crippen molar-refractivity contribution >= 4 is 11.6 Å². The molecule has 0 fully saturated rings. The third kappa shape index (κ3) is 2.30. The van der Waals surface area contributed by atoms with Gasteiger partial charge in [0.1, 0.15) is 5.82 Å². The number of rotatable bonds is 3. The molecular weight excluding hydrogens is 218 g/mol. The van der Waals surface area contributed by atoms with Crippen molar-refractivity contribution in [1.29, 1.82) is 0 Å². The number of nitrogens with zero attached hydrogens (tertiary/aromatic N) is 5. The van der Waals surface area contributed by atoms with Crippen molar-refractivity contribution in [2.75, 3.05) is 19.0 Å². The van der Waals surface area contributed by atoms with Gasteiger partial charge in [-0.05, 0) is 6.92 Å². The highest BCUT2D eigenvalue weighted by atomic mass is 16.1. The van der Waals surface area contributed by atoms with Crippen LogP contribution in [0.1, 0.15) is 17.3 Å². The van der Waals surface area contributed by atoms with Crippen molar-refractivity contribution < 1.29 is 4.79 Å². The smallest absolute Gasteiger partial charge is 0.173 e. The molecule has 0 aliphatic carbocycles. The summed E-state index contributed by atoms with van der Waals surface area (Å²) in [5.74, 6) is 1.30. The zero-order valence-electron chi connectivity index (χ0n) is 9.95. The maximum absolute atomic E-state index is 11.2. The van der Waals surface area contributed by atoms with Gasteiger partial charge in [0, 0.05) is 20.3 Å². The van der Waals surface area contributed by atoms with Crippen molar-refractivity contribution in [1.82, 2.24) is 19.7 Å². The van der Waals surface area contributed by atoms with E-state index in [1.165, 1.54) is 17.8 Å². The van der Waals surface area contributed by atoms with Gasteiger partial charge in [-0.2, -0.15) is 5.10 Å². The molecule has 88 valence electrons. The third-order valence-electron chi connectivity index (χ3n) is 2.29. The van der Waals surface area contributed by atoms with Crippen molar-refractivity contribution in [3.05, 3.63) is 30.4 Å². The molecule has 0 saturated heterocycles. The Bertz CT molecular complexity index is 546. The van der Waals surface area contributed by atoms with Crippen LogP contribution in [-0.4, -0.2) is 39.6 Å². The van der Waals surface area contributed by atoms with Crippen LogP contribution in [0, 0.1) is 0 Å². The summed E-state index contributed by atoms with van der Waals surface area (Å²) in [6.07, 6.45) is 6.43. The van der Waals surface area contributed by atoms with E-state index >= 15 is 0 Å². The zero-order valence-corrected chi connectivity index (χ0v) is 9.95. The number of Topliss-reactive ketones (excluding diaryl/α,β-unsaturated/α-hetero) is 1. The molecule has 2 rings (SSSR count). The van der Waals surface area contributed by atoms with Gasteiger partial charge in [-0.3, -0.25) is 9.78 Å². The van der Waals surface area contributed by atoms with Crippen molar-refractivity contribution in [3.8, 4) is 5.82 Å². The molecule has 0 amide bonds. The molecule has 2 heterocycles. The number of hydrogen-bond acceptors (Lipinski definition) is 5. The second kappa shape index (κ2) is 4.32. The lowest BCUT2D eigenvalue weighted by Crippen LogP contribution is -2.12. The number of anilines is 1. The molecule has 6 nitrogen and oxygen atoms in total. The Morgan fingerprint density at radius 2 is 2.06 bits per heavy atom. The largest absolute Gasteiger partial charge is 0.361 e. The van der Waals surface area contributed by atoms with Crippen LogP contribution in [0.3, 0.4) is 0 Å². The Kier molecular flexibility index (Phi) is 2.86. The topological polar surface area (TPSA) is 63.9 Å². The van der Waals surface area contributed by atoms with Crippen LogP contribution >= 0.6 is 0 Å². The van der Waals surface area contributed by atoms with E-state index < -0.39 is 0 Å². The lowest BCUT2D eigenvalue weighted by atomic mass is 10.3. The van der Waals surface area contributed by atoms with Gasteiger partial charge in [-0.1, -0.05) is 0 Å². The maximum atomic E-state index is 11.2. The van der Waals surface area contributed by atoms with Crippen LogP contribution in [0.5, 0.6) is 0 Å². The molecule has 0 unspecified atom stereocenters. The molecule has 2 aromatic rings. The van der Waals surface area contributed by atoms with Gasteiger partial charge in [0.25, 0.3) is 0 Å². The van der Waals surface area contributed by atoms with Gasteiger partial charge in [-0.25, -0.2) is 9.67 Å². The molecule has 0 aromatic carbocycles. The van der Waals surface area contributed by atoms with Gasteiger partial charge < -0.3 is 4.90 Å². The lowest BCUT2D eigenvalue weighted by Gasteiger charge is -2.11. The minimum Gasteiger partial charge on any atom is -0.361 e. The summed E-state index contributed by atoms with van der Waals surface area (Å²) in [6.45, 7) is 1.50. The number of ketones is 1. The van der Waals surface area contributed by atoms with Gasteiger partial charge in [0.2, 0.25) is 0 Å². The first-order valence-corrected chi connectivity index (χ1v) is 5.13. The molecule has 0 N–H and O–H groups in total. The van der Waals surface area contributed by atoms with E-state index in [4.69, 9.17) is 0 Å². The second-order valence-corrected chi connectivity index (χ2v) is 3.86. The summed E-state index contributed by atoms with van der Waals surface area (Å²) < 4.78 is 1.54. The fraction of sp³-hybridized carbons (Fsp3) is 0.273. The average molecular weight is 231 g/mol. The summed E-state index contributed by atoms with van der Waals surface area (Å²) >= 11 is 0. The number of hydrogen-bond donors (Lipinski definition) is 0. The van der Waals surface area contributed by atoms with Gasteiger partial charge in [-0.15, -0.1) is 0 Å². The maximum Gasteiger partial charge on any atom is 0.173 e. The SMILES string of the molecule is CC(=O)c1cnn(-c2cncc(N(C)C)n2)c1. The summed E-state index contributed by atoms with van der Waals surface area (Å²) in [4.78, 5) is 21.5. The van der Waals surface area contributed by atoms with E-state index in [-0.39, 0.29) is 5.78 Å². The highest BCUT2D eigenvalue weighted by Crippen LogP contribution is 2.10. The molecule has 0 aliphatic rings. The van der Waals surface area contributed by atoms with Crippen molar-refractivity contribution in [2.24, 2.45) is 0 Å². The van der Waals surface area contributed by atoms with Gasteiger partial charge >= 0.3 is 0 Å². The van der Waals surface area contributed by atoms with Crippen LogP contribution in [0.15, 0.2) is 24.8 Å². The van der Waals surface area contributed by atoms with Crippen LogP contribution in [0.25, 0.3) is 5.82 Å². The van der Waals surface area contributed by atoms with Crippen LogP contribution in [0.2, 0.25) is 0 Å². The Morgan fingerprint density at radius 3 is 2.65 bits per heavy atom. The normalized spacial score (nSPS) is 10.3. The summed E-state index contributed by atoms with van der Waals surface area (Å²) in [5, 5.41) is 4.08. The first kappa shape index (κ1) is 11.3. The predicted octanol–water partition coefficient (Wildman–Crippen LogP) is 0.931. The van der Waals surface area contributed by atoms with Crippen LogP contribution < -0.4 is 4.90 Å². The molecular formula is C11H13N5O. The van der Waals surface area contributed by atoms with Crippen LogP contribution in [0.4, 0.5) is 5.82 Å². The van der Waals surface area contributed by atoms with Crippen molar-refractivity contribution in [2.45, 2.75) is 6.92 Å². The first-order chi connectivity index (χ1) is 8.08. The van der Waals surface area contributed by atoms with E-state index in [2.05, 4.69) is 15.1 Å². The fourth-order valence-corrected chi connectivity index (χ4v) is 1.30. The lowest BCUT2D eigenvalue weighted by molar-refractivity contribution is 0.101. The summed E-state index contributed by atoms with van der Waals surface area (Å²) in [5.41, 5.74) is 0.557. The zero-order chi connectivity index (χ0) is 12.4. The summed E-state index contributed by atoms with van der Waals surface area (Å²) in [6, 6.07) is 0. The molecule has 0 aliphatic heterocycles. The predicted molar refractivity (Wildman–Crippen MR) is 63.5 cm³/mol. The highest BCUT2D eigenvalue weighted by molar-refractivity contribution is 5.93. The minimum absolute atomic E-state index is 0.0204. The van der Waals surface area contributed by atoms with E-state index in [1.807, 2.05) is 19.0 Å². The van der Waals surface area contributed by atoms with E-state index in [0.717, 1.165) is 5.82 Å². The standard InChI is InChI=1S/C11H13N5O/c1-8(17)9-4-13-16(7-9)11-6-12-5-10(14-11)15(2)3/h4-7H,1-3H3. The number of aromatic nitrogens is 4. The summed E-state index contributed by atoms with van der Waals surface area (Å²) in [7, 11) is 3.77. The molecule has 6 heteroatoms. The molecule has 2 aromatic heterocycles. The molecule has 0 spiro atoms. The molecule has 0 saturated carbocycles. The second-order valence-electron chi connectivity index (χ2n) is 3.86. The van der Waals surface area contributed by atoms with E-state index in [9.17, 15) is 4.79 Å². The van der Waals surface area contributed by atoms with Gasteiger partial charge in [0.15, 0.2) is 11.6 Å². The fourth-order valence-electron chi connectivity index (χ4n) is 1.30. The molecule has 0 radical (unpaired) electrons. The highest BCUT2D eigenvalue weighted by Gasteiger charge is 2.07. The Labute approximate surface area is 98.9 Å². The minimum atomic E-state index is -0.0204.